The maximum Gasteiger partial charge on any atom is 0.330 e. The molecule has 0 heterocycles. The lowest BCUT2D eigenvalue weighted by Gasteiger charge is -2.28. The van der Waals surface area contributed by atoms with Gasteiger partial charge in [-0.2, -0.15) is 0 Å². The second-order valence-corrected chi connectivity index (χ2v) is 4.91. The van der Waals surface area contributed by atoms with Gasteiger partial charge in [0.25, 0.3) is 0 Å². The lowest BCUT2D eigenvalue weighted by atomic mass is 9.79. The van der Waals surface area contributed by atoms with E-state index in [9.17, 15) is 14.4 Å². The molecule has 1 rings (SSSR count). The Morgan fingerprint density at radius 3 is 2.38 bits per heavy atom. The zero-order valence-corrected chi connectivity index (χ0v) is 11.7. The Balaban J connectivity index is 2.57. The monoisotopic (exact) mass is 300 g/mol. The van der Waals surface area contributed by atoms with Gasteiger partial charge in [-0.15, -0.1) is 0 Å². The molecule has 118 valence electrons. The third-order valence-electron chi connectivity index (χ3n) is 3.45. The van der Waals surface area contributed by atoms with Gasteiger partial charge in [-0.25, -0.2) is 4.79 Å². The predicted octanol–water partition coefficient (Wildman–Crippen LogP) is 0.511. The summed E-state index contributed by atoms with van der Waals surface area (Å²) in [6.45, 7) is 2.41. The van der Waals surface area contributed by atoms with Gasteiger partial charge in [0, 0.05) is 6.08 Å². The molecular formula is C14H20O7. The van der Waals surface area contributed by atoms with Crippen molar-refractivity contribution < 1.29 is 34.1 Å². The molecule has 1 saturated carbocycles. The van der Waals surface area contributed by atoms with E-state index in [1.54, 1.807) is 0 Å². The fraction of sp³-hybridized carbons (Fsp3) is 0.643. The molecule has 1 aliphatic rings. The first-order valence-electron chi connectivity index (χ1n) is 6.83. The van der Waals surface area contributed by atoms with E-state index in [0.717, 1.165) is 18.9 Å². The number of aliphatic hydroxyl groups excluding tert-OH is 1. The van der Waals surface area contributed by atoms with E-state index in [1.807, 2.05) is 0 Å². The number of rotatable bonds is 7. The van der Waals surface area contributed by atoms with Gasteiger partial charge >= 0.3 is 17.9 Å². The highest BCUT2D eigenvalue weighted by molar-refractivity contribution is 5.82. The summed E-state index contributed by atoms with van der Waals surface area (Å²) in [5.74, 6) is -3.86. The number of hydrogen-bond donors (Lipinski definition) is 2. The molecule has 3 atom stereocenters. The van der Waals surface area contributed by atoms with Crippen LogP contribution in [0.15, 0.2) is 12.7 Å². The summed E-state index contributed by atoms with van der Waals surface area (Å²) in [5, 5.41) is 18.2. The van der Waals surface area contributed by atoms with E-state index in [1.165, 1.54) is 0 Å². The largest absolute Gasteiger partial charge is 0.481 e. The lowest BCUT2D eigenvalue weighted by Crippen LogP contribution is -2.37. The second kappa shape index (κ2) is 8.41. The minimum atomic E-state index is -1.02. The van der Waals surface area contributed by atoms with Crippen molar-refractivity contribution in [3.63, 3.8) is 0 Å². The first-order valence-corrected chi connectivity index (χ1v) is 6.83. The highest BCUT2D eigenvalue weighted by Crippen LogP contribution is 2.31. The molecule has 7 nitrogen and oxygen atoms in total. The van der Waals surface area contributed by atoms with Gasteiger partial charge in [-0.1, -0.05) is 19.4 Å². The molecule has 0 aromatic heterocycles. The number of carbonyl (C=O) groups excluding carboxylic acids is 2. The number of aliphatic hydroxyl groups is 1. The third-order valence-corrected chi connectivity index (χ3v) is 3.45. The van der Waals surface area contributed by atoms with Crippen molar-refractivity contribution >= 4 is 17.9 Å². The van der Waals surface area contributed by atoms with Crippen LogP contribution in [0.1, 0.15) is 25.7 Å². The van der Waals surface area contributed by atoms with Crippen LogP contribution in [0.5, 0.6) is 0 Å². The topological polar surface area (TPSA) is 110 Å². The molecule has 0 aromatic rings. The Hall–Kier alpha value is -1.89. The van der Waals surface area contributed by atoms with Gasteiger partial charge in [0.2, 0.25) is 0 Å². The van der Waals surface area contributed by atoms with Gasteiger partial charge in [-0.05, 0) is 12.8 Å². The molecule has 0 bridgehead atoms. The normalized spacial score (nSPS) is 22.9. The van der Waals surface area contributed by atoms with Crippen LogP contribution < -0.4 is 0 Å². The molecule has 0 amide bonds. The summed E-state index contributed by atoms with van der Waals surface area (Å²) in [6, 6.07) is 0. The van der Waals surface area contributed by atoms with Gasteiger partial charge in [-0.3, -0.25) is 9.59 Å². The summed E-state index contributed by atoms with van der Waals surface area (Å²) in [4.78, 5) is 34.1. The number of carbonyl (C=O) groups is 3. The quantitative estimate of drug-likeness (QED) is 0.520. The summed E-state index contributed by atoms with van der Waals surface area (Å²) in [7, 11) is 0. The van der Waals surface area contributed by atoms with Crippen LogP contribution in [-0.2, 0) is 23.9 Å². The molecule has 1 aliphatic carbocycles. The molecule has 1 fully saturated rings. The minimum absolute atomic E-state index is 0.294. The van der Waals surface area contributed by atoms with Crippen molar-refractivity contribution in [2.45, 2.75) is 31.8 Å². The van der Waals surface area contributed by atoms with E-state index in [-0.39, 0.29) is 6.61 Å². The predicted molar refractivity (Wildman–Crippen MR) is 71.2 cm³/mol. The summed E-state index contributed by atoms with van der Waals surface area (Å²) in [6.07, 6.45) is 2.36. The number of esters is 2. The number of carboxylic acids is 1. The van der Waals surface area contributed by atoms with Crippen LogP contribution in [-0.4, -0.2) is 47.4 Å². The first kappa shape index (κ1) is 17.2. The van der Waals surface area contributed by atoms with Crippen LogP contribution in [0.25, 0.3) is 0 Å². The van der Waals surface area contributed by atoms with E-state index in [2.05, 4.69) is 6.58 Å². The van der Waals surface area contributed by atoms with Crippen molar-refractivity contribution in [2.24, 2.45) is 11.8 Å². The Morgan fingerprint density at radius 1 is 1.24 bits per heavy atom. The highest BCUT2D eigenvalue weighted by Gasteiger charge is 2.37. The number of aliphatic carboxylic acids is 1. The summed E-state index contributed by atoms with van der Waals surface area (Å²) >= 11 is 0. The van der Waals surface area contributed by atoms with E-state index >= 15 is 0 Å². The zero-order chi connectivity index (χ0) is 15.8. The van der Waals surface area contributed by atoms with Crippen molar-refractivity contribution in [3.8, 4) is 0 Å². The molecule has 21 heavy (non-hydrogen) atoms. The van der Waals surface area contributed by atoms with Gasteiger partial charge < -0.3 is 19.7 Å². The van der Waals surface area contributed by atoms with Crippen LogP contribution in [0.3, 0.4) is 0 Å². The van der Waals surface area contributed by atoms with Gasteiger partial charge in [0.05, 0.1) is 18.4 Å². The first-order chi connectivity index (χ1) is 9.99. The van der Waals surface area contributed by atoms with Gasteiger partial charge in [0.15, 0.2) is 6.10 Å². The van der Waals surface area contributed by atoms with Crippen LogP contribution >= 0.6 is 0 Å². The average molecular weight is 300 g/mol. The number of hydrogen-bond acceptors (Lipinski definition) is 6. The van der Waals surface area contributed by atoms with Crippen molar-refractivity contribution in [2.75, 3.05) is 13.2 Å². The summed E-state index contributed by atoms with van der Waals surface area (Å²) in [5.41, 5.74) is 0. The standard InChI is InChI=1S/C14H20O7/c1-2-12(16)20-8-9(7-15)21-14(19)11-6-4-3-5-10(11)13(17)18/h2,9-11,15H,1,3-8H2,(H,17,18). The molecule has 0 saturated heterocycles. The maximum absolute atomic E-state index is 12.0. The molecule has 2 N–H and O–H groups in total. The maximum atomic E-state index is 12.0. The van der Waals surface area contributed by atoms with Crippen LogP contribution in [0.4, 0.5) is 0 Å². The highest BCUT2D eigenvalue weighted by atomic mass is 16.6. The number of ether oxygens (including phenoxy) is 2. The second-order valence-electron chi connectivity index (χ2n) is 4.91. The minimum Gasteiger partial charge on any atom is -0.481 e. The fourth-order valence-corrected chi connectivity index (χ4v) is 2.32. The van der Waals surface area contributed by atoms with Crippen LogP contribution in [0.2, 0.25) is 0 Å². The Labute approximate surface area is 122 Å². The molecule has 7 heteroatoms. The molecule has 0 aliphatic heterocycles. The van der Waals surface area contributed by atoms with Crippen molar-refractivity contribution in [1.82, 2.24) is 0 Å². The Bertz CT molecular complexity index is 404. The number of carboxylic acid groups (broad SMARTS) is 1. The lowest BCUT2D eigenvalue weighted by molar-refractivity contribution is -0.169. The van der Waals surface area contributed by atoms with E-state index < -0.39 is 42.5 Å². The smallest absolute Gasteiger partial charge is 0.330 e. The Kier molecular flexibility index (Phi) is 6.87. The van der Waals surface area contributed by atoms with E-state index in [4.69, 9.17) is 19.7 Å². The molecule has 3 unspecified atom stereocenters. The van der Waals surface area contributed by atoms with Gasteiger partial charge in [0.1, 0.15) is 6.61 Å². The van der Waals surface area contributed by atoms with Crippen LogP contribution in [0, 0.1) is 11.8 Å². The van der Waals surface area contributed by atoms with Crippen molar-refractivity contribution in [3.05, 3.63) is 12.7 Å². The summed E-state index contributed by atoms with van der Waals surface area (Å²) < 4.78 is 9.75. The fourth-order valence-electron chi connectivity index (χ4n) is 2.32. The van der Waals surface area contributed by atoms with Crippen molar-refractivity contribution in [1.29, 1.82) is 0 Å². The molecular weight excluding hydrogens is 280 g/mol. The Morgan fingerprint density at radius 2 is 1.86 bits per heavy atom. The average Bonchev–Trinajstić information content (AvgIpc) is 2.50. The molecule has 0 radical (unpaired) electrons. The molecule has 0 aromatic carbocycles. The third kappa shape index (κ3) is 5.18. The SMILES string of the molecule is C=CC(=O)OCC(CO)OC(=O)C1CCCCC1C(=O)O. The zero-order valence-electron chi connectivity index (χ0n) is 11.7. The van der Waals surface area contributed by atoms with E-state index in [0.29, 0.717) is 12.8 Å². The molecule has 0 spiro atoms.